The maximum Gasteiger partial charge on any atom is 0.357 e. The normalized spacial score (nSPS) is 17.7. The predicted molar refractivity (Wildman–Crippen MR) is 115 cm³/mol. The van der Waals surface area contributed by atoms with Crippen LogP contribution in [0.15, 0.2) is 18.2 Å². The van der Waals surface area contributed by atoms with E-state index in [0.29, 0.717) is 38.0 Å². The Bertz CT molecular complexity index is 777. The molecule has 0 bridgehead atoms. The van der Waals surface area contributed by atoms with Crippen LogP contribution in [0.2, 0.25) is 0 Å². The van der Waals surface area contributed by atoms with Gasteiger partial charge in [-0.15, -0.1) is 0 Å². The van der Waals surface area contributed by atoms with Crippen molar-refractivity contribution in [2.24, 2.45) is 11.8 Å². The summed E-state index contributed by atoms with van der Waals surface area (Å²) in [5, 5.41) is 0. The van der Waals surface area contributed by atoms with E-state index in [1.54, 1.807) is 9.80 Å². The number of pyridine rings is 1. The maximum absolute atomic E-state index is 12.3. The van der Waals surface area contributed by atoms with E-state index in [0.717, 1.165) is 25.7 Å². The summed E-state index contributed by atoms with van der Waals surface area (Å²) in [6, 6.07) is 4.26. The van der Waals surface area contributed by atoms with E-state index in [1.165, 1.54) is 18.2 Å². The van der Waals surface area contributed by atoms with Gasteiger partial charge in [-0.1, -0.05) is 19.9 Å². The highest BCUT2D eigenvalue weighted by Crippen LogP contribution is 2.17. The molecule has 2 amide bonds. The number of esters is 2. The van der Waals surface area contributed by atoms with Crippen molar-refractivity contribution in [2.75, 3.05) is 39.4 Å². The van der Waals surface area contributed by atoms with E-state index in [2.05, 4.69) is 18.8 Å². The van der Waals surface area contributed by atoms with Gasteiger partial charge in [0.1, 0.15) is 11.4 Å². The molecule has 3 rings (SSSR count). The summed E-state index contributed by atoms with van der Waals surface area (Å²) < 4.78 is 10.2. The molecule has 174 valence electrons. The quantitative estimate of drug-likeness (QED) is 0.616. The van der Waals surface area contributed by atoms with E-state index < -0.39 is 11.9 Å². The highest BCUT2D eigenvalue weighted by molar-refractivity contribution is 5.93. The van der Waals surface area contributed by atoms with Crippen molar-refractivity contribution >= 4 is 23.8 Å². The van der Waals surface area contributed by atoms with Crippen LogP contribution in [0.3, 0.4) is 0 Å². The van der Waals surface area contributed by atoms with Gasteiger partial charge in [-0.05, 0) is 49.7 Å². The summed E-state index contributed by atoms with van der Waals surface area (Å²) in [6.45, 7) is 6.20. The Balaban J connectivity index is 1.47. The SMILES string of the molecule is CC1CCN(C(=O)COC(=O)c2cccc(C(=O)OCC(=O)N3CCC(C)CC3)n2)CC1. The van der Waals surface area contributed by atoms with Crippen molar-refractivity contribution in [1.29, 1.82) is 0 Å². The summed E-state index contributed by atoms with van der Waals surface area (Å²) >= 11 is 0. The molecule has 2 aliphatic rings. The standard InChI is InChI=1S/C23H31N3O6/c1-16-6-10-25(11-7-16)20(27)14-31-22(29)18-4-3-5-19(24-18)23(30)32-15-21(28)26-12-8-17(2)9-13-26/h3-5,16-17H,6-15H2,1-2H3. The Morgan fingerprint density at radius 3 is 1.53 bits per heavy atom. The third-order valence-corrected chi connectivity index (χ3v) is 6.09. The van der Waals surface area contributed by atoms with Crippen LogP contribution in [-0.4, -0.2) is 77.9 Å². The second kappa shape index (κ2) is 11.1. The first-order chi connectivity index (χ1) is 15.3. The molecule has 1 aromatic rings. The number of hydrogen-bond donors (Lipinski definition) is 0. The number of rotatable bonds is 6. The minimum absolute atomic E-state index is 0.101. The number of ether oxygens (including phenoxy) is 2. The van der Waals surface area contributed by atoms with Crippen LogP contribution < -0.4 is 0 Å². The molecular weight excluding hydrogens is 414 g/mol. The maximum atomic E-state index is 12.3. The van der Waals surface area contributed by atoms with Crippen molar-refractivity contribution in [2.45, 2.75) is 39.5 Å². The number of hydrogen-bond acceptors (Lipinski definition) is 7. The molecule has 0 aromatic carbocycles. The second-order valence-electron chi connectivity index (χ2n) is 8.69. The lowest BCUT2D eigenvalue weighted by Crippen LogP contribution is -2.40. The van der Waals surface area contributed by atoms with Gasteiger partial charge in [0.05, 0.1) is 0 Å². The monoisotopic (exact) mass is 445 g/mol. The molecule has 2 saturated heterocycles. The van der Waals surface area contributed by atoms with E-state index in [9.17, 15) is 19.2 Å². The Hall–Kier alpha value is -2.97. The van der Waals surface area contributed by atoms with Gasteiger partial charge >= 0.3 is 11.9 Å². The zero-order valence-corrected chi connectivity index (χ0v) is 18.7. The van der Waals surface area contributed by atoms with Crippen LogP contribution in [-0.2, 0) is 19.1 Å². The lowest BCUT2D eigenvalue weighted by atomic mass is 9.99. The minimum Gasteiger partial charge on any atom is -0.451 e. The lowest BCUT2D eigenvalue weighted by molar-refractivity contribution is -0.136. The van der Waals surface area contributed by atoms with Gasteiger partial charge in [-0.3, -0.25) is 9.59 Å². The summed E-state index contributed by atoms with van der Waals surface area (Å²) in [6.07, 6.45) is 3.74. The van der Waals surface area contributed by atoms with Gasteiger partial charge in [0.2, 0.25) is 0 Å². The van der Waals surface area contributed by atoms with Gasteiger partial charge in [-0.2, -0.15) is 0 Å². The van der Waals surface area contributed by atoms with E-state index >= 15 is 0 Å². The van der Waals surface area contributed by atoms with Gasteiger partial charge in [-0.25, -0.2) is 14.6 Å². The van der Waals surface area contributed by atoms with Gasteiger partial charge in [0.15, 0.2) is 13.2 Å². The molecule has 2 fully saturated rings. The van der Waals surface area contributed by atoms with Crippen molar-refractivity contribution in [3.63, 3.8) is 0 Å². The van der Waals surface area contributed by atoms with E-state index in [-0.39, 0.29) is 36.4 Å². The number of amides is 2. The summed E-state index contributed by atoms with van der Waals surface area (Å²) in [7, 11) is 0. The summed E-state index contributed by atoms with van der Waals surface area (Å²) in [5.74, 6) is -0.897. The van der Waals surface area contributed by atoms with Crippen LogP contribution >= 0.6 is 0 Å². The average molecular weight is 446 g/mol. The highest BCUT2D eigenvalue weighted by atomic mass is 16.5. The Morgan fingerprint density at radius 2 is 1.16 bits per heavy atom. The highest BCUT2D eigenvalue weighted by Gasteiger charge is 2.24. The molecule has 0 radical (unpaired) electrons. The Kier molecular flexibility index (Phi) is 8.19. The zero-order valence-electron chi connectivity index (χ0n) is 18.7. The van der Waals surface area contributed by atoms with Crippen LogP contribution in [0.5, 0.6) is 0 Å². The first kappa shape index (κ1) is 23.7. The molecule has 9 heteroatoms. The minimum atomic E-state index is -0.795. The van der Waals surface area contributed by atoms with Gasteiger partial charge in [0.25, 0.3) is 11.8 Å². The van der Waals surface area contributed by atoms with Gasteiger partial charge in [0, 0.05) is 26.2 Å². The smallest absolute Gasteiger partial charge is 0.357 e. The van der Waals surface area contributed by atoms with E-state index in [1.807, 2.05) is 0 Å². The fourth-order valence-electron chi connectivity index (χ4n) is 3.76. The first-order valence-electron chi connectivity index (χ1n) is 11.2. The fraction of sp³-hybridized carbons (Fsp3) is 0.609. The van der Waals surface area contributed by atoms with Crippen LogP contribution in [0, 0.1) is 11.8 Å². The molecule has 1 aromatic heterocycles. The van der Waals surface area contributed by atoms with Crippen LogP contribution in [0.25, 0.3) is 0 Å². The number of carbonyl (C=O) groups excluding carboxylic acids is 4. The molecule has 0 aliphatic carbocycles. The molecule has 0 unspecified atom stereocenters. The lowest BCUT2D eigenvalue weighted by Gasteiger charge is -2.30. The molecule has 0 spiro atoms. The van der Waals surface area contributed by atoms with Crippen molar-refractivity contribution in [3.8, 4) is 0 Å². The number of likely N-dealkylation sites (tertiary alicyclic amines) is 2. The van der Waals surface area contributed by atoms with Crippen LogP contribution in [0.1, 0.15) is 60.5 Å². The molecule has 0 atom stereocenters. The Morgan fingerprint density at radius 1 is 0.781 bits per heavy atom. The third kappa shape index (κ3) is 6.51. The zero-order chi connectivity index (χ0) is 23.1. The largest absolute Gasteiger partial charge is 0.451 e. The topological polar surface area (TPSA) is 106 Å². The molecular formula is C23H31N3O6. The molecule has 0 N–H and O–H groups in total. The second-order valence-corrected chi connectivity index (χ2v) is 8.69. The molecule has 32 heavy (non-hydrogen) atoms. The van der Waals surface area contributed by atoms with Gasteiger partial charge < -0.3 is 19.3 Å². The third-order valence-electron chi connectivity index (χ3n) is 6.09. The molecule has 9 nitrogen and oxygen atoms in total. The fourth-order valence-corrected chi connectivity index (χ4v) is 3.76. The molecule has 2 aliphatic heterocycles. The summed E-state index contributed by atoms with van der Waals surface area (Å²) in [4.78, 5) is 56.4. The number of piperidine rings is 2. The Labute approximate surface area is 188 Å². The number of nitrogens with zero attached hydrogens (tertiary/aromatic N) is 3. The molecule has 3 heterocycles. The van der Waals surface area contributed by atoms with Crippen LogP contribution in [0.4, 0.5) is 0 Å². The summed E-state index contributed by atoms with van der Waals surface area (Å²) in [5.41, 5.74) is -0.202. The number of carbonyl (C=O) groups is 4. The predicted octanol–water partition coefficient (Wildman–Crippen LogP) is 1.91. The first-order valence-corrected chi connectivity index (χ1v) is 11.2. The van der Waals surface area contributed by atoms with E-state index in [4.69, 9.17) is 9.47 Å². The number of aromatic nitrogens is 1. The molecule has 0 saturated carbocycles. The van der Waals surface area contributed by atoms with Crippen molar-refractivity contribution < 1.29 is 28.7 Å². The average Bonchev–Trinajstić information content (AvgIpc) is 2.81. The van der Waals surface area contributed by atoms with Crippen molar-refractivity contribution in [1.82, 2.24) is 14.8 Å². The van der Waals surface area contributed by atoms with Crippen molar-refractivity contribution in [3.05, 3.63) is 29.6 Å².